The molecule has 2 aliphatic rings. The normalized spacial score (nSPS) is 26.9. The van der Waals surface area contributed by atoms with E-state index in [1.54, 1.807) is 7.11 Å². The second-order valence-electron chi connectivity index (χ2n) is 6.76. The average Bonchev–Trinajstić information content (AvgIpc) is 2.40. The summed E-state index contributed by atoms with van der Waals surface area (Å²) in [6.45, 7) is 6.76. The fraction of sp³-hybridized carbons (Fsp3) is 0.933. The summed E-state index contributed by atoms with van der Waals surface area (Å²) in [4.78, 5) is 2.26. The number of hydrogen-bond donors (Lipinski definition) is 1. The van der Waals surface area contributed by atoms with Crippen molar-refractivity contribution in [3.8, 4) is 0 Å². The van der Waals surface area contributed by atoms with Crippen LogP contribution in [-0.4, -0.2) is 36.5 Å². The highest BCUT2D eigenvalue weighted by molar-refractivity contribution is 5.88. The highest BCUT2D eigenvalue weighted by Gasteiger charge is 2.43. The Hall–Kier alpha value is -0.570. The minimum absolute atomic E-state index is 0.299. The summed E-state index contributed by atoms with van der Waals surface area (Å²) in [6.07, 6.45) is 8.11. The molecule has 0 spiro atoms. The minimum atomic E-state index is -0.299. The number of nitrogens with one attached hydrogen (secondary N) is 1. The summed E-state index contributed by atoms with van der Waals surface area (Å²) in [6, 6.07) is 0. The Morgan fingerprint density at radius 1 is 1.00 bits per heavy atom. The summed E-state index contributed by atoms with van der Waals surface area (Å²) in [7, 11) is 1.79. The molecule has 0 aromatic carbocycles. The Balaban J connectivity index is 2.05. The van der Waals surface area contributed by atoms with Crippen LogP contribution in [0.5, 0.6) is 0 Å². The van der Waals surface area contributed by atoms with Crippen LogP contribution in [-0.2, 0) is 4.74 Å². The van der Waals surface area contributed by atoms with Crippen molar-refractivity contribution in [2.24, 2.45) is 5.41 Å². The summed E-state index contributed by atoms with van der Waals surface area (Å²) in [5.41, 5.74) is 0.122. The standard InChI is InChI=1S/C15H28N2O/c1-14(2)7-9-15(18-3,10-8-14)13(16)17-11-5-4-6-12-17/h16H,4-12H2,1-3H3. The van der Waals surface area contributed by atoms with Crippen molar-refractivity contribution in [3.63, 3.8) is 0 Å². The molecule has 3 heteroatoms. The second kappa shape index (κ2) is 5.20. The molecule has 1 aliphatic carbocycles. The lowest BCUT2D eigenvalue weighted by molar-refractivity contribution is -0.0182. The van der Waals surface area contributed by atoms with Crippen molar-refractivity contribution in [3.05, 3.63) is 0 Å². The Morgan fingerprint density at radius 2 is 1.56 bits per heavy atom. The molecular weight excluding hydrogens is 224 g/mol. The van der Waals surface area contributed by atoms with Crippen LogP contribution in [0.2, 0.25) is 0 Å². The highest BCUT2D eigenvalue weighted by atomic mass is 16.5. The van der Waals surface area contributed by atoms with E-state index < -0.39 is 0 Å². The number of methoxy groups -OCH3 is 1. The lowest BCUT2D eigenvalue weighted by Crippen LogP contribution is -2.53. The lowest BCUT2D eigenvalue weighted by atomic mass is 9.70. The molecule has 0 unspecified atom stereocenters. The molecule has 2 rings (SSSR count). The van der Waals surface area contributed by atoms with Crippen molar-refractivity contribution in [2.45, 2.75) is 64.4 Å². The highest BCUT2D eigenvalue weighted by Crippen LogP contribution is 2.42. The average molecular weight is 252 g/mol. The van der Waals surface area contributed by atoms with Crippen molar-refractivity contribution in [1.82, 2.24) is 4.90 Å². The van der Waals surface area contributed by atoms with E-state index in [1.165, 1.54) is 19.3 Å². The van der Waals surface area contributed by atoms with Crippen LogP contribution in [0.25, 0.3) is 0 Å². The van der Waals surface area contributed by atoms with Gasteiger partial charge >= 0.3 is 0 Å². The first-order valence-corrected chi connectivity index (χ1v) is 7.38. The first-order valence-electron chi connectivity index (χ1n) is 7.38. The van der Waals surface area contributed by atoms with Crippen LogP contribution in [0.1, 0.15) is 58.8 Å². The summed E-state index contributed by atoms with van der Waals surface area (Å²) >= 11 is 0. The first-order chi connectivity index (χ1) is 8.49. The SMILES string of the molecule is COC1(C(=N)N2CCCCC2)CCC(C)(C)CC1. The Bertz CT molecular complexity index is 296. The van der Waals surface area contributed by atoms with Gasteiger partial charge in [-0.2, -0.15) is 0 Å². The minimum Gasteiger partial charge on any atom is -0.370 e. The molecule has 1 aliphatic heterocycles. The van der Waals surface area contributed by atoms with Crippen molar-refractivity contribution in [1.29, 1.82) is 5.41 Å². The zero-order valence-electron chi connectivity index (χ0n) is 12.2. The molecule has 0 radical (unpaired) electrons. The van der Waals surface area contributed by atoms with E-state index in [-0.39, 0.29) is 5.60 Å². The summed E-state index contributed by atoms with van der Waals surface area (Å²) in [5.74, 6) is 0.750. The van der Waals surface area contributed by atoms with Gasteiger partial charge < -0.3 is 9.64 Å². The second-order valence-corrected chi connectivity index (χ2v) is 6.76. The molecule has 104 valence electrons. The van der Waals surface area contributed by atoms with Crippen LogP contribution in [0.15, 0.2) is 0 Å². The topological polar surface area (TPSA) is 36.3 Å². The maximum atomic E-state index is 8.56. The Morgan fingerprint density at radius 3 is 2.06 bits per heavy atom. The van der Waals surface area contributed by atoms with Gasteiger partial charge in [0.05, 0.1) is 0 Å². The first kappa shape index (κ1) is 13.9. The monoisotopic (exact) mass is 252 g/mol. The van der Waals surface area contributed by atoms with Crippen LogP contribution in [0.4, 0.5) is 0 Å². The molecule has 0 amide bonds. The van der Waals surface area contributed by atoms with Crippen molar-refractivity contribution < 1.29 is 4.74 Å². The number of piperidine rings is 1. The van der Waals surface area contributed by atoms with E-state index in [4.69, 9.17) is 10.1 Å². The molecule has 0 bridgehead atoms. The number of likely N-dealkylation sites (tertiary alicyclic amines) is 1. The van der Waals surface area contributed by atoms with Gasteiger partial charge in [-0.1, -0.05) is 13.8 Å². The number of rotatable bonds is 2. The molecule has 0 aromatic heterocycles. The van der Waals surface area contributed by atoms with Crippen molar-refractivity contribution in [2.75, 3.05) is 20.2 Å². The molecule has 0 aromatic rings. The third-order valence-corrected chi connectivity index (χ3v) is 4.91. The van der Waals surface area contributed by atoms with Gasteiger partial charge in [0, 0.05) is 20.2 Å². The molecule has 0 atom stereocenters. The molecule has 1 heterocycles. The Kier molecular flexibility index (Phi) is 4.00. The predicted octanol–water partition coefficient (Wildman–Crippen LogP) is 3.43. The van der Waals surface area contributed by atoms with Crippen LogP contribution < -0.4 is 0 Å². The quantitative estimate of drug-likeness (QED) is 0.604. The maximum Gasteiger partial charge on any atom is 0.129 e. The van der Waals surface area contributed by atoms with Gasteiger partial charge in [0.1, 0.15) is 11.4 Å². The van der Waals surface area contributed by atoms with E-state index >= 15 is 0 Å². The molecule has 2 fully saturated rings. The van der Waals surface area contributed by atoms with Gasteiger partial charge in [-0.25, -0.2) is 0 Å². The number of amidine groups is 1. The third kappa shape index (κ3) is 2.71. The van der Waals surface area contributed by atoms with Gasteiger partial charge in [-0.05, 0) is 50.4 Å². The van der Waals surface area contributed by atoms with E-state index in [0.717, 1.165) is 44.6 Å². The molecule has 18 heavy (non-hydrogen) atoms. The largest absolute Gasteiger partial charge is 0.370 e. The van der Waals surface area contributed by atoms with Gasteiger partial charge in [0.25, 0.3) is 0 Å². The summed E-state index contributed by atoms with van der Waals surface area (Å²) in [5, 5.41) is 8.56. The molecular formula is C15H28N2O. The van der Waals surface area contributed by atoms with E-state index in [0.29, 0.717) is 5.41 Å². The zero-order chi connectivity index (χ0) is 13.2. The fourth-order valence-electron chi connectivity index (χ4n) is 3.27. The fourth-order valence-corrected chi connectivity index (χ4v) is 3.27. The van der Waals surface area contributed by atoms with E-state index in [1.807, 2.05) is 0 Å². The smallest absolute Gasteiger partial charge is 0.129 e. The lowest BCUT2D eigenvalue weighted by Gasteiger charge is -2.46. The Labute approximate surface area is 111 Å². The van der Waals surface area contributed by atoms with Crippen molar-refractivity contribution >= 4 is 5.84 Å². The third-order valence-electron chi connectivity index (χ3n) is 4.91. The predicted molar refractivity (Wildman–Crippen MR) is 75.1 cm³/mol. The van der Waals surface area contributed by atoms with Gasteiger partial charge in [-0.15, -0.1) is 0 Å². The van der Waals surface area contributed by atoms with E-state index in [2.05, 4.69) is 18.7 Å². The van der Waals surface area contributed by atoms with Crippen LogP contribution >= 0.6 is 0 Å². The molecule has 3 nitrogen and oxygen atoms in total. The van der Waals surface area contributed by atoms with Gasteiger partial charge in [0.15, 0.2) is 0 Å². The molecule has 1 N–H and O–H groups in total. The molecule has 1 saturated carbocycles. The molecule has 1 saturated heterocycles. The number of nitrogens with zero attached hydrogens (tertiary/aromatic N) is 1. The van der Waals surface area contributed by atoms with Gasteiger partial charge in [0.2, 0.25) is 0 Å². The number of hydrogen-bond acceptors (Lipinski definition) is 2. The summed E-state index contributed by atoms with van der Waals surface area (Å²) < 4.78 is 5.82. The van der Waals surface area contributed by atoms with Gasteiger partial charge in [-0.3, -0.25) is 5.41 Å². The van der Waals surface area contributed by atoms with E-state index in [9.17, 15) is 0 Å². The zero-order valence-corrected chi connectivity index (χ0v) is 12.2. The van der Waals surface area contributed by atoms with Crippen LogP contribution in [0, 0.1) is 10.8 Å². The number of ether oxygens (including phenoxy) is 1. The maximum absolute atomic E-state index is 8.56. The van der Waals surface area contributed by atoms with Crippen LogP contribution in [0.3, 0.4) is 0 Å².